The molecule has 0 radical (unpaired) electrons. The van der Waals surface area contributed by atoms with Crippen LogP contribution in [0.15, 0.2) is 62.9 Å². The van der Waals surface area contributed by atoms with Crippen molar-refractivity contribution < 1.29 is 9.90 Å². The lowest BCUT2D eigenvalue weighted by Crippen LogP contribution is -2.29. The summed E-state index contributed by atoms with van der Waals surface area (Å²) in [7, 11) is 0. The second-order valence-electron chi connectivity index (χ2n) is 9.23. The van der Waals surface area contributed by atoms with Gasteiger partial charge < -0.3 is 9.67 Å². The summed E-state index contributed by atoms with van der Waals surface area (Å²) in [4.78, 5) is 29.5. The van der Waals surface area contributed by atoms with Crippen LogP contribution < -0.4 is 5.56 Å². The van der Waals surface area contributed by atoms with Crippen LogP contribution in [-0.4, -0.2) is 31.5 Å². The lowest BCUT2D eigenvalue weighted by Gasteiger charge is -2.20. The van der Waals surface area contributed by atoms with Crippen molar-refractivity contribution in [3.8, 4) is 5.69 Å². The second-order valence-corrected chi connectivity index (χ2v) is 10.1. The molecule has 8 heteroatoms. The van der Waals surface area contributed by atoms with E-state index in [1.807, 2.05) is 63.5 Å². The highest BCUT2D eigenvalue weighted by Crippen LogP contribution is 2.24. The van der Waals surface area contributed by atoms with Crippen molar-refractivity contribution in [3.63, 3.8) is 0 Å². The van der Waals surface area contributed by atoms with E-state index in [0.29, 0.717) is 16.7 Å². The van der Waals surface area contributed by atoms with Gasteiger partial charge in [-0.15, -0.1) is 0 Å². The summed E-state index contributed by atoms with van der Waals surface area (Å²) in [5.41, 5.74) is 3.56. The molecule has 0 saturated heterocycles. The molecule has 0 aliphatic heterocycles. The molecule has 7 nitrogen and oxygen atoms in total. The normalized spacial score (nSPS) is 12.1. The predicted octanol–water partition coefficient (Wildman–Crippen LogP) is 5.44. The molecule has 4 rings (SSSR count). The Hall–Kier alpha value is -3.52. The van der Waals surface area contributed by atoms with Crippen LogP contribution in [0.25, 0.3) is 16.6 Å². The van der Waals surface area contributed by atoms with Crippen LogP contribution in [0.2, 0.25) is 0 Å². The van der Waals surface area contributed by atoms with Gasteiger partial charge in [0.25, 0.3) is 5.56 Å². The van der Waals surface area contributed by atoms with Gasteiger partial charge in [0.2, 0.25) is 0 Å². The molecule has 0 bridgehead atoms. The Morgan fingerprint density at radius 3 is 2.53 bits per heavy atom. The number of aromatic carboxylic acids is 1. The molecule has 34 heavy (non-hydrogen) atoms. The van der Waals surface area contributed by atoms with Crippen LogP contribution in [-0.2, 0) is 5.41 Å². The van der Waals surface area contributed by atoms with E-state index in [-0.39, 0.29) is 11.1 Å². The predicted molar refractivity (Wildman–Crippen MR) is 138 cm³/mol. The number of carboxylic acids is 1. The molecular weight excluding hydrogens is 496 g/mol. The van der Waals surface area contributed by atoms with E-state index in [2.05, 4.69) is 21.0 Å². The molecule has 0 saturated carbocycles. The van der Waals surface area contributed by atoms with Gasteiger partial charge >= 0.3 is 5.97 Å². The number of aryl methyl sites for hydroxylation is 1. The standard InChI is InChI=1S/C26H25BrN4O3/c1-15-11-18(16(2)30(15)20-8-6-7-17(12-20)24(33)34)14-28-31-23(32)21-13-19(27)9-10-22(21)29-25(31)26(3,4)5/h6-14H,1-5H3,(H,33,34). The number of hydrogen-bond donors (Lipinski definition) is 1. The Morgan fingerprint density at radius 1 is 1.12 bits per heavy atom. The third kappa shape index (κ3) is 4.33. The molecule has 0 fully saturated rings. The molecule has 0 unspecified atom stereocenters. The summed E-state index contributed by atoms with van der Waals surface area (Å²) in [6.45, 7) is 9.86. The van der Waals surface area contributed by atoms with Crippen LogP contribution in [0.4, 0.5) is 0 Å². The van der Waals surface area contributed by atoms with Crippen molar-refractivity contribution in [2.75, 3.05) is 0 Å². The molecule has 0 spiro atoms. The third-order valence-electron chi connectivity index (χ3n) is 5.61. The number of rotatable bonds is 4. The second kappa shape index (κ2) is 8.68. The van der Waals surface area contributed by atoms with Gasteiger partial charge in [0.05, 0.1) is 22.7 Å². The monoisotopic (exact) mass is 520 g/mol. The Bertz CT molecular complexity index is 1520. The van der Waals surface area contributed by atoms with Gasteiger partial charge in [-0.25, -0.2) is 9.78 Å². The van der Waals surface area contributed by atoms with Gasteiger partial charge in [-0.1, -0.05) is 42.8 Å². The highest BCUT2D eigenvalue weighted by molar-refractivity contribution is 9.10. The van der Waals surface area contributed by atoms with Crippen LogP contribution in [0, 0.1) is 13.8 Å². The molecule has 0 amide bonds. The van der Waals surface area contributed by atoms with Gasteiger partial charge in [0, 0.05) is 32.5 Å². The lowest BCUT2D eigenvalue weighted by atomic mass is 9.95. The molecule has 2 heterocycles. The first-order valence-corrected chi connectivity index (χ1v) is 11.6. The first kappa shape index (κ1) is 23.6. The Labute approximate surface area is 205 Å². The van der Waals surface area contributed by atoms with E-state index < -0.39 is 11.4 Å². The van der Waals surface area contributed by atoms with E-state index in [1.54, 1.807) is 30.5 Å². The highest BCUT2D eigenvalue weighted by Gasteiger charge is 2.23. The van der Waals surface area contributed by atoms with Gasteiger partial charge in [0.15, 0.2) is 0 Å². The summed E-state index contributed by atoms with van der Waals surface area (Å²) >= 11 is 3.43. The number of fused-ring (bicyclic) bond motifs is 1. The van der Waals surface area contributed by atoms with Crippen LogP contribution in [0.5, 0.6) is 0 Å². The Morgan fingerprint density at radius 2 is 1.85 bits per heavy atom. The van der Waals surface area contributed by atoms with Gasteiger partial charge in [-0.05, 0) is 56.3 Å². The van der Waals surface area contributed by atoms with Gasteiger partial charge in [-0.2, -0.15) is 9.78 Å². The Kier molecular flexibility index (Phi) is 6.03. The van der Waals surface area contributed by atoms with Crippen molar-refractivity contribution in [3.05, 3.63) is 91.7 Å². The summed E-state index contributed by atoms with van der Waals surface area (Å²) in [6, 6.07) is 14.2. The van der Waals surface area contributed by atoms with Crippen molar-refractivity contribution in [2.24, 2.45) is 5.10 Å². The molecule has 0 atom stereocenters. The van der Waals surface area contributed by atoms with Crippen LogP contribution in [0.3, 0.4) is 0 Å². The third-order valence-corrected chi connectivity index (χ3v) is 6.11. The molecule has 0 aliphatic carbocycles. The van der Waals surface area contributed by atoms with Crippen LogP contribution in [0.1, 0.15) is 53.9 Å². The largest absolute Gasteiger partial charge is 0.478 e. The SMILES string of the molecule is Cc1cc(C=Nn2c(C(C)(C)C)nc3ccc(Br)cc3c2=O)c(C)n1-c1cccc(C(=O)O)c1. The van der Waals surface area contributed by atoms with Crippen molar-refractivity contribution in [1.29, 1.82) is 0 Å². The number of hydrogen-bond acceptors (Lipinski definition) is 4. The maximum absolute atomic E-state index is 13.4. The fourth-order valence-corrected chi connectivity index (χ4v) is 4.32. The van der Waals surface area contributed by atoms with E-state index in [4.69, 9.17) is 4.98 Å². The maximum atomic E-state index is 13.4. The number of nitrogens with zero attached hydrogens (tertiary/aromatic N) is 4. The average Bonchev–Trinajstić information content (AvgIpc) is 3.05. The zero-order valence-electron chi connectivity index (χ0n) is 19.6. The molecule has 1 N–H and O–H groups in total. The minimum absolute atomic E-state index is 0.218. The number of carbonyl (C=O) groups is 1. The molecule has 2 aromatic carbocycles. The van der Waals surface area contributed by atoms with E-state index in [0.717, 1.165) is 27.1 Å². The Balaban J connectivity index is 1.85. The van der Waals surface area contributed by atoms with Gasteiger partial charge in [0.1, 0.15) is 5.82 Å². The van der Waals surface area contributed by atoms with Crippen molar-refractivity contribution in [2.45, 2.75) is 40.0 Å². The zero-order valence-corrected chi connectivity index (χ0v) is 21.2. The molecule has 2 aromatic heterocycles. The number of carboxylic acid groups (broad SMARTS) is 1. The van der Waals surface area contributed by atoms with Crippen molar-refractivity contribution >= 4 is 39.0 Å². The van der Waals surface area contributed by atoms with E-state index in [1.165, 1.54) is 4.68 Å². The highest BCUT2D eigenvalue weighted by atomic mass is 79.9. The van der Waals surface area contributed by atoms with E-state index in [9.17, 15) is 14.7 Å². The number of halogens is 1. The summed E-state index contributed by atoms with van der Waals surface area (Å²) in [6.07, 6.45) is 1.65. The first-order chi connectivity index (χ1) is 16.0. The van der Waals surface area contributed by atoms with Crippen LogP contribution >= 0.6 is 15.9 Å². The maximum Gasteiger partial charge on any atom is 0.335 e. The molecule has 0 aliphatic rings. The fourth-order valence-electron chi connectivity index (χ4n) is 3.95. The van der Waals surface area contributed by atoms with E-state index >= 15 is 0 Å². The van der Waals surface area contributed by atoms with Gasteiger partial charge in [-0.3, -0.25) is 4.79 Å². The lowest BCUT2D eigenvalue weighted by molar-refractivity contribution is 0.0697. The quantitative estimate of drug-likeness (QED) is 0.362. The smallest absolute Gasteiger partial charge is 0.335 e. The number of benzene rings is 2. The molecule has 4 aromatic rings. The minimum atomic E-state index is -0.976. The summed E-state index contributed by atoms with van der Waals surface area (Å²) in [5.74, 6) is -0.415. The first-order valence-electron chi connectivity index (χ1n) is 10.8. The van der Waals surface area contributed by atoms with Crippen molar-refractivity contribution in [1.82, 2.24) is 14.2 Å². The summed E-state index contributed by atoms with van der Waals surface area (Å²) in [5, 5.41) is 14.4. The topological polar surface area (TPSA) is 89.5 Å². The molecule has 174 valence electrons. The average molecular weight is 521 g/mol. The summed E-state index contributed by atoms with van der Waals surface area (Å²) < 4.78 is 4.13. The minimum Gasteiger partial charge on any atom is -0.478 e. The molecular formula is C26H25BrN4O3. The fraction of sp³-hybridized carbons (Fsp3) is 0.231. The number of aromatic nitrogens is 3. The zero-order chi connectivity index (χ0) is 24.8.